The summed E-state index contributed by atoms with van der Waals surface area (Å²) in [4.78, 5) is 0. The van der Waals surface area contributed by atoms with E-state index in [1.165, 1.54) is 18.4 Å². The molecule has 0 heterocycles. The van der Waals surface area contributed by atoms with E-state index in [0.29, 0.717) is 6.04 Å². The Morgan fingerprint density at radius 3 is 2.56 bits per heavy atom. The topological polar surface area (TPSA) is 21.3 Å². The number of hydrogen-bond donors (Lipinski definition) is 1. The van der Waals surface area contributed by atoms with Crippen molar-refractivity contribution in [1.29, 1.82) is 0 Å². The molecular formula is C16H27NO. The van der Waals surface area contributed by atoms with Crippen molar-refractivity contribution in [3.8, 4) is 5.75 Å². The van der Waals surface area contributed by atoms with E-state index in [-0.39, 0.29) is 0 Å². The Hall–Kier alpha value is -1.02. The highest BCUT2D eigenvalue weighted by Crippen LogP contribution is 2.18. The third kappa shape index (κ3) is 5.54. The van der Waals surface area contributed by atoms with Crippen molar-refractivity contribution >= 4 is 0 Å². The van der Waals surface area contributed by atoms with Gasteiger partial charge in [-0.2, -0.15) is 0 Å². The van der Waals surface area contributed by atoms with Gasteiger partial charge in [0.15, 0.2) is 0 Å². The first-order chi connectivity index (χ1) is 8.63. The second kappa shape index (κ2) is 8.15. The molecule has 0 fully saturated rings. The van der Waals surface area contributed by atoms with Crippen LogP contribution in [0.2, 0.25) is 0 Å². The highest BCUT2D eigenvalue weighted by Gasteiger charge is 2.07. The van der Waals surface area contributed by atoms with Crippen molar-refractivity contribution in [3.63, 3.8) is 0 Å². The number of rotatable bonds is 8. The van der Waals surface area contributed by atoms with Crippen molar-refractivity contribution < 1.29 is 4.74 Å². The zero-order valence-corrected chi connectivity index (χ0v) is 12.2. The van der Waals surface area contributed by atoms with Gasteiger partial charge in [0.05, 0.1) is 7.11 Å². The predicted molar refractivity (Wildman–Crippen MR) is 78.2 cm³/mol. The Kier molecular flexibility index (Phi) is 6.81. The number of nitrogens with one attached hydrogen (secondary N) is 1. The summed E-state index contributed by atoms with van der Waals surface area (Å²) >= 11 is 0. The first-order valence-electron chi connectivity index (χ1n) is 6.98. The lowest BCUT2D eigenvalue weighted by atomic mass is 10.1. The van der Waals surface area contributed by atoms with Gasteiger partial charge in [0, 0.05) is 6.04 Å². The lowest BCUT2D eigenvalue weighted by Crippen LogP contribution is -2.29. The molecule has 2 nitrogen and oxygen atoms in total. The lowest BCUT2D eigenvalue weighted by Gasteiger charge is -2.16. The third-order valence-corrected chi connectivity index (χ3v) is 3.17. The van der Waals surface area contributed by atoms with Gasteiger partial charge in [0.25, 0.3) is 0 Å². The Bertz CT molecular complexity index is 336. The quantitative estimate of drug-likeness (QED) is 0.710. The van der Waals surface area contributed by atoms with E-state index in [1.807, 2.05) is 12.1 Å². The normalized spacial score (nSPS) is 12.7. The molecular weight excluding hydrogens is 222 g/mol. The molecule has 1 aromatic carbocycles. The van der Waals surface area contributed by atoms with E-state index in [2.05, 4.69) is 38.2 Å². The fourth-order valence-electron chi connectivity index (χ4n) is 2.13. The van der Waals surface area contributed by atoms with Crippen LogP contribution in [0.15, 0.2) is 24.3 Å². The minimum atomic E-state index is 0.494. The zero-order chi connectivity index (χ0) is 13.4. The molecule has 102 valence electrons. The van der Waals surface area contributed by atoms with E-state index in [0.717, 1.165) is 24.6 Å². The van der Waals surface area contributed by atoms with Gasteiger partial charge in [-0.05, 0) is 50.3 Å². The average molecular weight is 249 g/mol. The second-order valence-electron chi connectivity index (χ2n) is 5.41. The van der Waals surface area contributed by atoms with Gasteiger partial charge >= 0.3 is 0 Å². The molecule has 0 saturated heterocycles. The standard InChI is InChI=1S/C16H27NO/c1-13(2)8-7-11-17-14(3)12-15-9-5-6-10-16(15)18-4/h5-6,9-10,13-14,17H,7-8,11-12H2,1-4H3. The first kappa shape index (κ1) is 15.0. The predicted octanol–water partition coefficient (Wildman–Crippen LogP) is 3.65. The molecule has 0 saturated carbocycles. The van der Waals surface area contributed by atoms with Gasteiger partial charge in [0.1, 0.15) is 5.75 Å². The number of para-hydroxylation sites is 1. The molecule has 0 aliphatic rings. The summed E-state index contributed by atoms with van der Waals surface area (Å²) in [6.07, 6.45) is 3.58. The summed E-state index contributed by atoms with van der Waals surface area (Å²) in [5.74, 6) is 1.80. The molecule has 0 spiro atoms. The number of methoxy groups -OCH3 is 1. The van der Waals surface area contributed by atoms with Crippen molar-refractivity contribution in [1.82, 2.24) is 5.32 Å². The van der Waals surface area contributed by atoms with Crippen LogP contribution in [-0.4, -0.2) is 19.7 Å². The first-order valence-corrected chi connectivity index (χ1v) is 6.98. The molecule has 0 aliphatic heterocycles. The number of hydrogen-bond acceptors (Lipinski definition) is 2. The Morgan fingerprint density at radius 1 is 1.17 bits per heavy atom. The van der Waals surface area contributed by atoms with Crippen molar-refractivity contribution in [2.45, 2.75) is 46.1 Å². The van der Waals surface area contributed by atoms with Crippen LogP contribution < -0.4 is 10.1 Å². The van der Waals surface area contributed by atoms with E-state index in [1.54, 1.807) is 7.11 Å². The molecule has 2 heteroatoms. The van der Waals surface area contributed by atoms with E-state index in [9.17, 15) is 0 Å². The maximum atomic E-state index is 5.38. The van der Waals surface area contributed by atoms with E-state index >= 15 is 0 Å². The maximum Gasteiger partial charge on any atom is 0.122 e. The highest BCUT2D eigenvalue weighted by molar-refractivity contribution is 5.33. The number of benzene rings is 1. The summed E-state index contributed by atoms with van der Waals surface area (Å²) in [7, 11) is 1.74. The molecule has 0 amide bonds. The summed E-state index contributed by atoms with van der Waals surface area (Å²) in [6, 6.07) is 8.76. The fourth-order valence-corrected chi connectivity index (χ4v) is 2.13. The lowest BCUT2D eigenvalue weighted by molar-refractivity contribution is 0.405. The SMILES string of the molecule is COc1ccccc1CC(C)NCCCC(C)C. The van der Waals surface area contributed by atoms with Gasteiger partial charge < -0.3 is 10.1 Å². The van der Waals surface area contributed by atoms with E-state index < -0.39 is 0 Å². The minimum absolute atomic E-state index is 0.494. The van der Waals surface area contributed by atoms with Crippen LogP contribution in [0.3, 0.4) is 0 Å². The molecule has 1 N–H and O–H groups in total. The Morgan fingerprint density at radius 2 is 1.89 bits per heavy atom. The van der Waals surface area contributed by atoms with Crippen LogP contribution in [0.4, 0.5) is 0 Å². The summed E-state index contributed by atoms with van der Waals surface area (Å²) < 4.78 is 5.38. The van der Waals surface area contributed by atoms with Gasteiger partial charge in [0.2, 0.25) is 0 Å². The monoisotopic (exact) mass is 249 g/mol. The summed E-state index contributed by atoms with van der Waals surface area (Å²) in [6.45, 7) is 7.90. The molecule has 0 aliphatic carbocycles. The van der Waals surface area contributed by atoms with Crippen LogP contribution in [0.25, 0.3) is 0 Å². The Labute approximate surface area is 112 Å². The fraction of sp³-hybridized carbons (Fsp3) is 0.625. The van der Waals surface area contributed by atoms with Crippen LogP contribution >= 0.6 is 0 Å². The van der Waals surface area contributed by atoms with Gasteiger partial charge in [-0.3, -0.25) is 0 Å². The number of ether oxygens (including phenoxy) is 1. The second-order valence-corrected chi connectivity index (χ2v) is 5.41. The zero-order valence-electron chi connectivity index (χ0n) is 12.2. The molecule has 1 unspecified atom stereocenters. The summed E-state index contributed by atoms with van der Waals surface area (Å²) in [5.41, 5.74) is 1.28. The van der Waals surface area contributed by atoms with Crippen LogP contribution in [0.5, 0.6) is 5.75 Å². The van der Waals surface area contributed by atoms with Crippen LogP contribution in [0, 0.1) is 5.92 Å². The van der Waals surface area contributed by atoms with Gasteiger partial charge in [-0.25, -0.2) is 0 Å². The molecule has 18 heavy (non-hydrogen) atoms. The molecule has 1 aromatic rings. The average Bonchev–Trinajstić information content (AvgIpc) is 2.35. The maximum absolute atomic E-state index is 5.38. The van der Waals surface area contributed by atoms with Crippen molar-refractivity contribution in [2.24, 2.45) is 5.92 Å². The highest BCUT2D eigenvalue weighted by atomic mass is 16.5. The van der Waals surface area contributed by atoms with Gasteiger partial charge in [-0.1, -0.05) is 32.0 Å². The molecule has 1 atom stereocenters. The largest absolute Gasteiger partial charge is 0.496 e. The molecule has 1 rings (SSSR count). The van der Waals surface area contributed by atoms with Crippen molar-refractivity contribution in [3.05, 3.63) is 29.8 Å². The smallest absolute Gasteiger partial charge is 0.122 e. The van der Waals surface area contributed by atoms with E-state index in [4.69, 9.17) is 4.74 Å². The Balaban J connectivity index is 2.33. The van der Waals surface area contributed by atoms with Gasteiger partial charge in [-0.15, -0.1) is 0 Å². The molecule has 0 aromatic heterocycles. The molecule has 0 bridgehead atoms. The van der Waals surface area contributed by atoms with Crippen LogP contribution in [0.1, 0.15) is 39.2 Å². The van der Waals surface area contributed by atoms with Crippen molar-refractivity contribution in [2.75, 3.05) is 13.7 Å². The molecule has 0 radical (unpaired) electrons. The summed E-state index contributed by atoms with van der Waals surface area (Å²) in [5, 5.41) is 3.58. The van der Waals surface area contributed by atoms with Crippen LogP contribution in [-0.2, 0) is 6.42 Å². The third-order valence-electron chi connectivity index (χ3n) is 3.17. The minimum Gasteiger partial charge on any atom is -0.496 e.